The van der Waals surface area contributed by atoms with E-state index in [0.717, 1.165) is 46.6 Å². The zero-order chi connectivity index (χ0) is 34.2. The molecular formula is C31H28F3N5O8. The van der Waals surface area contributed by atoms with Crippen molar-refractivity contribution in [1.82, 2.24) is 14.5 Å². The molecule has 1 atom stereocenters. The monoisotopic (exact) mass is 655 g/mol. The van der Waals surface area contributed by atoms with Crippen LogP contribution in [0, 0.1) is 17.5 Å². The maximum absolute atomic E-state index is 14.5. The van der Waals surface area contributed by atoms with Crippen molar-refractivity contribution in [2.24, 2.45) is 5.73 Å². The molecule has 4 rings (SSSR count). The number of allylic oxidation sites excluding steroid dienone is 1. The molecule has 0 bridgehead atoms. The predicted molar refractivity (Wildman–Crippen MR) is 161 cm³/mol. The zero-order valence-electron chi connectivity index (χ0n) is 24.7. The van der Waals surface area contributed by atoms with E-state index in [-0.39, 0.29) is 53.0 Å². The first kappa shape index (κ1) is 33.8. The number of nitrogens with two attached hydrogens (primary N) is 1. The molecule has 0 spiro atoms. The lowest BCUT2D eigenvalue weighted by atomic mass is 10.1. The summed E-state index contributed by atoms with van der Waals surface area (Å²) in [4.78, 5) is 61.5. The van der Waals surface area contributed by atoms with Gasteiger partial charge in [0.05, 0.1) is 19.3 Å². The molecule has 2 aromatic carbocycles. The first-order valence-corrected chi connectivity index (χ1v) is 13.8. The molecule has 4 aromatic rings. The molecular weight excluding hydrogens is 627 g/mol. The number of rotatable bonds is 12. The molecule has 0 fully saturated rings. The minimum Gasteiger partial charge on any atom is -0.486 e. The highest BCUT2D eigenvalue weighted by Crippen LogP contribution is 2.32. The summed E-state index contributed by atoms with van der Waals surface area (Å²) in [5.74, 6) is -4.25. The van der Waals surface area contributed by atoms with Crippen molar-refractivity contribution in [3.63, 3.8) is 0 Å². The van der Waals surface area contributed by atoms with E-state index in [1.165, 1.54) is 30.5 Å². The van der Waals surface area contributed by atoms with Crippen LogP contribution in [-0.4, -0.2) is 51.4 Å². The first-order valence-electron chi connectivity index (χ1n) is 13.8. The summed E-state index contributed by atoms with van der Waals surface area (Å²) in [6.45, 7) is -0.835. The van der Waals surface area contributed by atoms with Crippen molar-refractivity contribution < 1.29 is 46.9 Å². The molecule has 246 valence electrons. The topological polar surface area (TPSA) is 184 Å². The number of nitrogens with one attached hydrogen (secondary N) is 2. The van der Waals surface area contributed by atoms with Gasteiger partial charge in [-0.15, -0.1) is 0 Å². The molecule has 0 saturated carbocycles. The average molecular weight is 656 g/mol. The van der Waals surface area contributed by atoms with Gasteiger partial charge in [0.25, 0.3) is 5.56 Å². The Morgan fingerprint density at radius 3 is 2.51 bits per heavy atom. The van der Waals surface area contributed by atoms with Gasteiger partial charge in [0, 0.05) is 29.3 Å². The largest absolute Gasteiger partial charge is 0.486 e. The Bertz CT molecular complexity index is 1940. The van der Waals surface area contributed by atoms with Gasteiger partial charge in [-0.05, 0) is 55.3 Å². The van der Waals surface area contributed by atoms with Crippen LogP contribution in [0.5, 0.6) is 5.75 Å². The number of carbonyl (C=O) groups is 4. The van der Waals surface area contributed by atoms with Gasteiger partial charge in [0.2, 0.25) is 11.8 Å². The molecule has 0 aliphatic rings. The van der Waals surface area contributed by atoms with E-state index in [9.17, 15) is 42.3 Å². The third-order valence-corrected chi connectivity index (χ3v) is 6.80. The quantitative estimate of drug-likeness (QED) is 0.166. The standard InChI is InChI=1S/C31H28F3N5O8/c1-46-30(43)37-23(5-2-3-7-26(35)40)28(41)36-24-6-4-10-38(29(24)42)15-21-12-18-11-20(33)14-25(27(18)39(21)31(44)45)47-16-17-8-9-19(32)13-22(17)34/h3-4,6-14,23H,2,5,15-16H2,1H3,(H2,35,40)(H,36,41)(H,37,43)(H,44,45)/b7-3+. The first-order chi connectivity index (χ1) is 22.4. The van der Waals surface area contributed by atoms with Gasteiger partial charge in [-0.2, -0.15) is 0 Å². The number of amides is 3. The molecule has 47 heavy (non-hydrogen) atoms. The van der Waals surface area contributed by atoms with Crippen molar-refractivity contribution in [2.75, 3.05) is 12.4 Å². The summed E-state index contributed by atoms with van der Waals surface area (Å²) in [7, 11) is 1.10. The van der Waals surface area contributed by atoms with Crippen LogP contribution in [0.25, 0.3) is 10.9 Å². The van der Waals surface area contributed by atoms with Crippen molar-refractivity contribution in [3.05, 3.63) is 106 Å². The Morgan fingerprint density at radius 1 is 1.06 bits per heavy atom. The number of pyridine rings is 1. The second-order valence-corrected chi connectivity index (χ2v) is 10.0. The van der Waals surface area contributed by atoms with Crippen molar-refractivity contribution >= 4 is 40.6 Å². The second kappa shape index (κ2) is 14.8. The van der Waals surface area contributed by atoms with Crippen LogP contribution in [-0.2, 0) is 27.5 Å². The summed E-state index contributed by atoms with van der Waals surface area (Å²) in [5, 5.41) is 15.0. The number of halogens is 3. The number of aromatic nitrogens is 2. The fraction of sp³-hybridized carbons (Fsp3) is 0.194. The number of carboxylic acid groups (broad SMARTS) is 1. The van der Waals surface area contributed by atoms with Gasteiger partial charge >= 0.3 is 12.2 Å². The number of anilines is 1. The smallest absolute Gasteiger partial charge is 0.416 e. The van der Waals surface area contributed by atoms with Crippen LogP contribution >= 0.6 is 0 Å². The Kier molecular flexibility index (Phi) is 10.7. The van der Waals surface area contributed by atoms with Crippen LogP contribution in [0.3, 0.4) is 0 Å². The van der Waals surface area contributed by atoms with Crippen LogP contribution in [0.1, 0.15) is 24.1 Å². The Morgan fingerprint density at radius 2 is 1.83 bits per heavy atom. The van der Waals surface area contributed by atoms with E-state index in [1.807, 2.05) is 0 Å². The summed E-state index contributed by atoms with van der Waals surface area (Å²) >= 11 is 0. The van der Waals surface area contributed by atoms with Crippen LogP contribution in [0.2, 0.25) is 0 Å². The van der Waals surface area contributed by atoms with Crippen LogP contribution in [0.4, 0.5) is 28.4 Å². The number of methoxy groups -OCH3 is 1. The molecule has 0 aliphatic heterocycles. The number of nitrogens with zero attached hydrogens (tertiary/aromatic N) is 2. The van der Waals surface area contributed by atoms with Crippen LogP contribution in [0.15, 0.2) is 71.7 Å². The molecule has 0 radical (unpaired) electrons. The molecule has 1 unspecified atom stereocenters. The van der Waals surface area contributed by atoms with Gasteiger partial charge in [-0.1, -0.05) is 6.08 Å². The maximum atomic E-state index is 14.5. The van der Waals surface area contributed by atoms with E-state index in [2.05, 4.69) is 15.4 Å². The average Bonchev–Trinajstić information content (AvgIpc) is 3.37. The number of alkyl carbamates (subject to hydrolysis) is 1. The highest BCUT2D eigenvalue weighted by atomic mass is 19.1. The van der Waals surface area contributed by atoms with Crippen molar-refractivity contribution in [2.45, 2.75) is 32.0 Å². The lowest BCUT2D eigenvalue weighted by Gasteiger charge is -2.17. The van der Waals surface area contributed by atoms with Gasteiger partial charge < -0.3 is 35.5 Å². The lowest BCUT2D eigenvalue weighted by Crippen LogP contribution is -2.44. The number of fused-ring (bicyclic) bond motifs is 1. The lowest BCUT2D eigenvalue weighted by molar-refractivity contribution is -0.118. The molecule has 0 aliphatic carbocycles. The van der Waals surface area contributed by atoms with E-state index in [1.54, 1.807) is 0 Å². The molecule has 2 heterocycles. The van der Waals surface area contributed by atoms with Gasteiger partial charge in [-0.3, -0.25) is 14.4 Å². The molecule has 5 N–H and O–H groups in total. The summed E-state index contributed by atoms with van der Waals surface area (Å²) in [6.07, 6.45) is 1.58. The van der Waals surface area contributed by atoms with E-state index in [4.69, 9.17) is 10.5 Å². The number of primary amides is 1. The van der Waals surface area contributed by atoms with Crippen LogP contribution < -0.4 is 26.7 Å². The SMILES string of the molecule is COC(=O)NC(CC/C=C/C(N)=O)C(=O)Nc1cccn(Cc2cc3cc(F)cc(OCc4ccc(F)cc4F)c3n2C(=O)O)c1=O. The van der Waals surface area contributed by atoms with E-state index < -0.39 is 59.7 Å². The van der Waals surface area contributed by atoms with E-state index >= 15 is 0 Å². The van der Waals surface area contributed by atoms with Crippen molar-refractivity contribution in [1.29, 1.82) is 0 Å². The van der Waals surface area contributed by atoms with Crippen molar-refractivity contribution in [3.8, 4) is 5.75 Å². The Balaban J connectivity index is 1.62. The minimum absolute atomic E-state index is 0.00737. The third kappa shape index (κ3) is 8.36. The summed E-state index contributed by atoms with van der Waals surface area (Å²) in [5.41, 5.74) is 3.95. The highest BCUT2D eigenvalue weighted by molar-refractivity contribution is 5.96. The zero-order valence-corrected chi connectivity index (χ0v) is 24.7. The number of ether oxygens (including phenoxy) is 2. The van der Waals surface area contributed by atoms with Gasteiger partial charge in [0.15, 0.2) is 0 Å². The fourth-order valence-electron chi connectivity index (χ4n) is 4.65. The number of carbonyl (C=O) groups excluding carboxylic acids is 3. The van der Waals surface area contributed by atoms with E-state index in [0.29, 0.717) is 6.07 Å². The fourth-order valence-corrected chi connectivity index (χ4v) is 4.65. The van der Waals surface area contributed by atoms with Gasteiger partial charge in [-0.25, -0.2) is 27.3 Å². The molecule has 2 aromatic heterocycles. The number of hydrogen-bond acceptors (Lipinski definition) is 7. The highest BCUT2D eigenvalue weighted by Gasteiger charge is 2.23. The summed E-state index contributed by atoms with van der Waals surface area (Å²) < 4.78 is 54.0. The molecule has 16 heteroatoms. The second-order valence-electron chi connectivity index (χ2n) is 10.0. The maximum Gasteiger partial charge on any atom is 0.416 e. The molecule has 3 amide bonds. The molecule has 0 saturated heterocycles. The molecule has 13 nitrogen and oxygen atoms in total. The Hall–Kier alpha value is -6.06. The predicted octanol–water partition coefficient (Wildman–Crippen LogP) is 3.86. The minimum atomic E-state index is -1.50. The normalized spacial score (nSPS) is 11.7. The number of benzene rings is 2. The Labute approximate surface area is 264 Å². The van der Waals surface area contributed by atoms with Gasteiger partial charge in [0.1, 0.15) is 47.1 Å². The number of hydrogen-bond donors (Lipinski definition) is 4. The summed E-state index contributed by atoms with van der Waals surface area (Å²) in [6, 6.07) is 7.60. The third-order valence-electron chi connectivity index (χ3n) is 6.80.